The third kappa shape index (κ3) is 6.11. The number of aryl methyl sites for hydroxylation is 2. The van der Waals surface area contributed by atoms with Crippen molar-refractivity contribution in [3.8, 4) is 11.1 Å². The first-order chi connectivity index (χ1) is 20.2. The van der Waals surface area contributed by atoms with E-state index in [1.165, 1.54) is 6.07 Å². The van der Waals surface area contributed by atoms with Gasteiger partial charge in [0.2, 0.25) is 5.91 Å². The maximum absolute atomic E-state index is 15.6. The number of nitrogens with zero attached hydrogens (tertiary/aromatic N) is 4. The molecular weight excluding hydrogens is 531 g/mol. The Morgan fingerprint density at radius 1 is 1.05 bits per heavy atom. The quantitative estimate of drug-likeness (QED) is 0.295. The standard InChI is InChI=1S/C33H37FN6O2/c1-5-10-39(11-6-2)32(41)25-15-27-28(34)16-24(17-29(27)38-30(35)18-25)22-7-8-26-23(14-22)9-12-40(33(26)42)19-31-36-20(3)13-21(4)37-31/h7-9,12-17,30,38H,5-6,10-11,18-19,35H2,1-4H3. The minimum absolute atomic E-state index is 0.100. The Hall–Kier alpha value is -4.37. The number of nitrogens with one attached hydrogen (secondary N) is 1. The number of halogens is 1. The molecule has 0 aliphatic carbocycles. The second-order valence-electron chi connectivity index (χ2n) is 11.0. The molecule has 4 aromatic rings. The molecule has 1 aliphatic heterocycles. The number of rotatable bonds is 8. The third-order valence-corrected chi connectivity index (χ3v) is 7.43. The van der Waals surface area contributed by atoms with Gasteiger partial charge < -0.3 is 20.5 Å². The second-order valence-corrected chi connectivity index (χ2v) is 11.0. The van der Waals surface area contributed by atoms with Crippen LogP contribution in [0, 0.1) is 19.7 Å². The first-order valence-electron chi connectivity index (χ1n) is 14.5. The van der Waals surface area contributed by atoms with E-state index in [4.69, 9.17) is 5.73 Å². The summed E-state index contributed by atoms with van der Waals surface area (Å²) in [6.07, 6.45) is 4.81. The number of carbonyl (C=O) groups is 1. The van der Waals surface area contributed by atoms with Crippen LogP contribution in [-0.4, -0.2) is 44.6 Å². The molecule has 42 heavy (non-hydrogen) atoms. The first kappa shape index (κ1) is 29.1. The van der Waals surface area contributed by atoms with Crippen molar-refractivity contribution < 1.29 is 9.18 Å². The summed E-state index contributed by atoms with van der Waals surface area (Å²) in [5, 5.41) is 4.49. The molecule has 8 nitrogen and oxygen atoms in total. The SMILES string of the molecule is CCCN(CCC)C(=O)C1=Cc2c(F)cc(-c3ccc4c(=O)n(Cc5nc(C)cc(C)n5)ccc4c3)cc2NC(N)C1. The summed E-state index contributed by atoms with van der Waals surface area (Å²) in [5.41, 5.74) is 10.7. The lowest BCUT2D eigenvalue weighted by atomic mass is 9.98. The number of pyridine rings is 1. The Balaban J connectivity index is 1.48. The van der Waals surface area contributed by atoms with E-state index in [1.807, 2.05) is 62.9 Å². The summed E-state index contributed by atoms with van der Waals surface area (Å²) in [7, 11) is 0. The van der Waals surface area contributed by atoms with Gasteiger partial charge >= 0.3 is 0 Å². The molecule has 218 valence electrons. The minimum atomic E-state index is -0.544. The van der Waals surface area contributed by atoms with Crippen LogP contribution >= 0.6 is 0 Å². The number of benzene rings is 2. The van der Waals surface area contributed by atoms with Crippen LogP contribution in [0.5, 0.6) is 0 Å². The van der Waals surface area contributed by atoms with E-state index in [0.717, 1.165) is 35.2 Å². The lowest BCUT2D eigenvalue weighted by molar-refractivity contribution is -0.127. The molecule has 3 heterocycles. The molecule has 2 aromatic heterocycles. The van der Waals surface area contributed by atoms with E-state index in [-0.39, 0.29) is 18.0 Å². The Kier molecular flexibility index (Phi) is 8.49. The van der Waals surface area contributed by atoms with Crippen LogP contribution in [-0.2, 0) is 11.3 Å². The average molecular weight is 569 g/mol. The molecule has 1 amide bonds. The van der Waals surface area contributed by atoms with Gasteiger partial charge in [0.15, 0.2) is 0 Å². The van der Waals surface area contributed by atoms with Gasteiger partial charge in [-0.1, -0.05) is 19.9 Å². The van der Waals surface area contributed by atoms with Gasteiger partial charge in [-0.25, -0.2) is 14.4 Å². The van der Waals surface area contributed by atoms with Crippen molar-refractivity contribution in [3.05, 3.63) is 93.2 Å². The lowest BCUT2D eigenvalue weighted by Crippen LogP contribution is -2.36. The van der Waals surface area contributed by atoms with Crippen LogP contribution < -0.4 is 16.6 Å². The zero-order valence-corrected chi connectivity index (χ0v) is 24.6. The van der Waals surface area contributed by atoms with Gasteiger partial charge in [0, 0.05) is 59.3 Å². The highest BCUT2D eigenvalue weighted by atomic mass is 19.1. The van der Waals surface area contributed by atoms with E-state index < -0.39 is 12.0 Å². The maximum Gasteiger partial charge on any atom is 0.258 e. The fraction of sp³-hybridized carbons (Fsp3) is 0.333. The number of amides is 1. The highest BCUT2D eigenvalue weighted by molar-refractivity contribution is 5.99. The van der Waals surface area contributed by atoms with Gasteiger partial charge in [-0.3, -0.25) is 9.59 Å². The highest BCUT2D eigenvalue weighted by Gasteiger charge is 2.24. The molecular formula is C33H37FN6O2. The normalized spacial score (nSPS) is 14.6. The summed E-state index contributed by atoms with van der Waals surface area (Å²) in [4.78, 5) is 37.3. The van der Waals surface area contributed by atoms with Gasteiger partial charge in [0.25, 0.3) is 5.56 Å². The summed E-state index contributed by atoms with van der Waals surface area (Å²) >= 11 is 0. The van der Waals surface area contributed by atoms with Crippen molar-refractivity contribution in [2.75, 3.05) is 18.4 Å². The number of nitrogens with two attached hydrogens (primary N) is 1. The Labute approximate surface area is 245 Å². The van der Waals surface area contributed by atoms with Crippen LogP contribution in [0.1, 0.15) is 55.9 Å². The third-order valence-electron chi connectivity index (χ3n) is 7.43. The molecule has 5 rings (SSSR count). The van der Waals surface area contributed by atoms with Crippen LogP contribution in [0.2, 0.25) is 0 Å². The van der Waals surface area contributed by atoms with Crippen molar-refractivity contribution in [1.29, 1.82) is 0 Å². The van der Waals surface area contributed by atoms with Crippen molar-refractivity contribution in [1.82, 2.24) is 19.4 Å². The van der Waals surface area contributed by atoms with Gasteiger partial charge in [0.1, 0.15) is 11.6 Å². The molecule has 0 radical (unpaired) electrons. The molecule has 0 saturated heterocycles. The lowest BCUT2D eigenvalue weighted by Gasteiger charge is -2.23. The van der Waals surface area contributed by atoms with E-state index in [2.05, 4.69) is 15.3 Å². The molecule has 3 N–H and O–H groups in total. The van der Waals surface area contributed by atoms with Gasteiger partial charge in [0.05, 0.1) is 12.7 Å². The van der Waals surface area contributed by atoms with Crippen LogP contribution in [0.15, 0.2) is 59.0 Å². The zero-order chi connectivity index (χ0) is 30.0. The first-order valence-corrected chi connectivity index (χ1v) is 14.5. The smallest absolute Gasteiger partial charge is 0.258 e. The highest BCUT2D eigenvalue weighted by Crippen LogP contribution is 2.34. The Morgan fingerprint density at radius 2 is 1.76 bits per heavy atom. The van der Waals surface area contributed by atoms with Crippen molar-refractivity contribution in [2.24, 2.45) is 5.73 Å². The zero-order valence-electron chi connectivity index (χ0n) is 24.6. The van der Waals surface area contributed by atoms with Crippen molar-refractivity contribution in [2.45, 2.75) is 59.7 Å². The molecule has 1 aliphatic rings. The molecule has 1 unspecified atom stereocenters. The van der Waals surface area contributed by atoms with Gasteiger partial charge in [-0.2, -0.15) is 0 Å². The van der Waals surface area contributed by atoms with E-state index >= 15 is 4.39 Å². The fourth-order valence-electron chi connectivity index (χ4n) is 5.59. The molecule has 1 atom stereocenters. The number of hydrogen-bond acceptors (Lipinski definition) is 6. The topological polar surface area (TPSA) is 106 Å². The summed E-state index contributed by atoms with van der Waals surface area (Å²) in [5.74, 6) is 0.0338. The number of aromatic nitrogens is 3. The largest absolute Gasteiger partial charge is 0.369 e. The van der Waals surface area contributed by atoms with Gasteiger partial charge in [-0.15, -0.1) is 0 Å². The number of anilines is 1. The number of fused-ring (bicyclic) bond motifs is 2. The molecule has 0 saturated carbocycles. The summed E-state index contributed by atoms with van der Waals surface area (Å²) in [6, 6.07) is 12.5. The average Bonchev–Trinajstić information content (AvgIpc) is 3.12. The number of carbonyl (C=O) groups excluding carboxylic acids is 1. The Morgan fingerprint density at radius 3 is 2.45 bits per heavy atom. The molecule has 0 bridgehead atoms. The van der Waals surface area contributed by atoms with Crippen molar-refractivity contribution in [3.63, 3.8) is 0 Å². The van der Waals surface area contributed by atoms with Crippen LogP contribution in [0.3, 0.4) is 0 Å². The predicted molar refractivity (Wildman–Crippen MR) is 166 cm³/mol. The van der Waals surface area contributed by atoms with Crippen molar-refractivity contribution >= 4 is 28.4 Å². The van der Waals surface area contributed by atoms with E-state index in [9.17, 15) is 9.59 Å². The minimum Gasteiger partial charge on any atom is -0.369 e. The van der Waals surface area contributed by atoms with Gasteiger partial charge in [-0.05, 0) is 85.7 Å². The monoisotopic (exact) mass is 568 g/mol. The van der Waals surface area contributed by atoms with Crippen LogP contribution in [0.25, 0.3) is 28.0 Å². The molecule has 9 heteroatoms. The predicted octanol–water partition coefficient (Wildman–Crippen LogP) is 5.40. The molecule has 2 aromatic carbocycles. The molecule has 0 spiro atoms. The molecule has 0 fully saturated rings. The summed E-state index contributed by atoms with van der Waals surface area (Å²) in [6.45, 7) is 9.44. The fourth-order valence-corrected chi connectivity index (χ4v) is 5.59. The van der Waals surface area contributed by atoms with E-state index in [1.54, 1.807) is 22.9 Å². The maximum atomic E-state index is 15.6. The Bertz CT molecular complexity index is 1720. The van der Waals surface area contributed by atoms with E-state index in [0.29, 0.717) is 53.1 Å². The number of hydrogen-bond donors (Lipinski definition) is 2. The van der Waals surface area contributed by atoms with Crippen LogP contribution in [0.4, 0.5) is 10.1 Å². The summed E-state index contributed by atoms with van der Waals surface area (Å²) < 4.78 is 17.2. The second kappa shape index (κ2) is 12.2.